The Hall–Kier alpha value is -1.69. The van der Waals surface area contributed by atoms with Gasteiger partial charge in [0, 0.05) is 19.2 Å². The number of nitrogens with two attached hydrogens (primary N) is 1. The molecule has 2 unspecified atom stereocenters. The van der Waals surface area contributed by atoms with E-state index >= 15 is 0 Å². The van der Waals surface area contributed by atoms with Gasteiger partial charge in [0.25, 0.3) is 5.69 Å². The third-order valence-corrected chi connectivity index (χ3v) is 4.00. The summed E-state index contributed by atoms with van der Waals surface area (Å²) in [7, 11) is 2.00. The van der Waals surface area contributed by atoms with Crippen LogP contribution in [-0.2, 0) is 0 Å². The molecular formula is C13H20N4O2. The zero-order chi connectivity index (χ0) is 14.0. The standard InChI is InChI=1S/C13H20N4O2/c1-9-6-11(17(18)19)8-15-13(9)16(2)12-5-3-4-10(12)7-14/h6,8,10,12H,3-5,7,14H2,1-2H3. The van der Waals surface area contributed by atoms with Gasteiger partial charge in [0.2, 0.25) is 0 Å². The first kappa shape index (κ1) is 13.7. The molecule has 2 rings (SSSR count). The van der Waals surface area contributed by atoms with Crippen LogP contribution in [0.4, 0.5) is 11.5 Å². The Labute approximate surface area is 112 Å². The Morgan fingerprint density at radius 2 is 2.32 bits per heavy atom. The highest BCUT2D eigenvalue weighted by Crippen LogP contribution is 2.32. The van der Waals surface area contributed by atoms with E-state index in [4.69, 9.17) is 5.73 Å². The summed E-state index contributed by atoms with van der Waals surface area (Å²) in [4.78, 5) is 16.7. The summed E-state index contributed by atoms with van der Waals surface area (Å²) < 4.78 is 0. The molecule has 0 aromatic carbocycles. The van der Waals surface area contributed by atoms with Gasteiger partial charge in [0.15, 0.2) is 0 Å². The third-order valence-electron chi connectivity index (χ3n) is 4.00. The number of hydrogen-bond acceptors (Lipinski definition) is 5. The Balaban J connectivity index is 2.24. The second-order valence-corrected chi connectivity index (χ2v) is 5.20. The van der Waals surface area contributed by atoms with E-state index in [9.17, 15) is 10.1 Å². The van der Waals surface area contributed by atoms with Crippen molar-refractivity contribution in [2.45, 2.75) is 32.2 Å². The fourth-order valence-corrected chi connectivity index (χ4v) is 2.98. The first-order valence-electron chi connectivity index (χ1n) is 6.58. The van der Waals surface area contributed by atoms with Crippen LogP contribution in [0.25, 0.3) is 0 Å². The van der Waals surface area contributed by atoms with Crippen LogP contribution >= 0.6 is 0 Å². The summed E-state index contributed by atoms with van der Waals surface area (Å²) >= 11 is 0. The maximum absolute atomic E-state index is 10.7. The van der Waals surface area contributed by atoms with Crippen LogP contribution in [0.3, 0.4) is 0 Å². The molecule has 2 N–H and O–H groups in total. The highest BCUT2D eigenvalue weighted by Gasteiger charge is 2.30. The highest BCUT2D eigenvalue weighted by molar-refractivity contribution is 5.50. The van der Waals surface area contributed by atoms with Gasteiger partial charge in [-0.3, -0.25) is 10.1 Å². The predicted molar refractivity (Wildman–Crippen MR) is 74.2 cm³/mol. The zero-order valence-electron chi connectivity index (χ0n) is 11.4. The largest absolute Gasteiger partial charge is 0.356 e. The molecular weight excluding hydrogens is 244 g/mol. The van der Waals surface area contributed by atoms with E-state index in [2.05, 4.69) is 9.88 Å². The summed E-state index contributed by atoms with van der Waals surface area (Å²) in [5.41, 5.74) is 6.68. The molecule has 1 aromatic heterocycles. The van der Waals surface area contributed by atoms with Gasteiger partial charge in [-0.2, -0.15) is 0 Å². The fourth-order valence-electron chi connectivity index (χ4n) is 2.98. The Kier molecular flexibility index (Phi) is 3.99. The average Bonchev–Trinajstić information content (AvgIpc) is 2.85. The van der Waals surface area contributed by atoms with Crippen molar-refractivity contribution in [3.8, 4) is 0 Å². The normalized spacial score (nSPS) is 22.5. The molecule has 104 valence electrons. The Morgan fingerprint density at radius 1 is 1.58 bits per heavy atom. The molecule has 2 atom stereocenters. The molecule has 0 amide bonds. The van der Waals surface area contributed by atoms with Crippen LogP contribution in [-0.4, -0.2) is 29.5 Å². The monoisotopic (exact) mass is 264 g/mol. The molecule has 0 bridgehead atoms. The van der Waals surface area contributed by atoms with E-state index in [-0.39, 0.29) is 5.69 Å². The molecule has 19 heavy (non-hydrogen) atoms. The number of aryl methyl sites for hydroxylation is 1. The highest BCUT2D eigenvalue weighted by atomic mass is 16.6. The van der Waals surface area contributed by atoms with Crippen molar-refractivity contribution < 1.29 is 4.92 Å². The van der Waals surface area contributed by atoms with Gasteiger partial charge in [-0.1, -0.05) is 6.42 Å². The average molecular weight is 264 g/mol. The van der Waals surface area contributed by atoms with Crippen LogP contribution in [0, 0.1) is 23.0 Å². The Bertz CT molecular complexity index is 478. The minimum atomic E-state index is -0.415. The van der Waals surface area contributed by atoms with E-state index in [0.29, 0.717) is 18.5 Å². The van der Waals surface area contributed by atoms with E-state index in [0.717, 1.165) is 24.2 Å². The summed E-state index contributed by atoms with van der Waals surface area (Å²) in [6.45, 7) is 2.54. The van der Waals surface area contributed by atoms with Crippen molar-refractivity contribution in [3.63, 3.8) is 0 Å². The minimum Gasteiger partial charge on any atom is -0.356 e. The smallest absolute Gasteiger partial charge is 0.287 e. The van der Waals surface area contributed by atoms with Crippen molar-refractivity contribution in [2.75, 3.05) is 18.5 Å². The van der Waals surface area contributed by atoms with Gasteiger partial charge in [-0.25, -0.2) is 4.98 Å². The predicted octanol–water partition coefficient (Wildman–Crippen LogP) is 1.86. The maximum Gasteiger partial charge on any atom is 0.287 e. The van der Waals surface area contributed by atoms with Crippen molar-refractivity contribution in [2.24, 2.45) is 11.7 Å². The van der Waals surface area contributed by atoms with Gasteiger partial charge < -0.3 is 10.6 Å². The van der Waals surface area contributed by atoms with Crippen LogP contribution in [0.15, 0.2) is 12.3 Å². The second kappa shape index (κ2) is 5.52. The topological polar surface area (TPSA) is 85.3 Å². The SMILES string of the molecule is Cc1cc([N+](=O)[O-])cnc1N(C)C1CCCC1CN. The van der Waals surface area contributed by atoms with Crippen LogP contribution in [0.2, 0.25) is 0 Å². The third kappa shape index (κ3) is 2.68. The van der Waals surface area contributed by atoms with Gasteiger partial charge in [-0.15, -0.1) is 0 Å². The molecule has 0 spiro atoms. The number of rotatable bonds is 4. The molecule has 1 aliphatic rings. The number of aromatic nitrogens is 1. The quantitative estimate of drug-likeness (QED) is 0.662. The number of anilines is 1. The summed E-state index contributed by atoms with van der Waals surface area (Å²) in [6, 6.07) is 1.96. The lowest BCUT2D eigenvalue weighted by Crippen LogP contribution is -2.38. The van der Waals surface area contributed by atoms with Gasteiger partial charge in [0.05, 0.1) is 4.92 Å². The van der Waals surface area contributed by atoms with E-state index < -0.39 is 4.92 Å². The molecule has 1 fully saturated rings. The lowest BCUT2D eigenvalue weighted by molar-refractivity contribution is -0.385. The molecule has 1 aromatic rings. The summed E-state index contributed by atoms with van der Waals surface area (Å²) in [5, 5.41) is 10.7. The van der Waals surface area contributed by atoms with Crippen LogP contribution in [0.1, 0.15) is 24.8 Å². The van der Waals surface area contributed by atoms with E-state index in [1.165, 1.54) is 12.6 Å². The van der Waals surface area contributed by atoms with Crippen molar-refractivity contribution in [1.29, 1.82) is 0 Å². The van der Waals surface area contributed by atoms with Gasteiger partial charge in [0.1, 0.15) is 12.0 Å². The molecule has 0 aliphatic heterocycles. The lowest BCUT2D eigenvalue weighted by Gasteiger charge is -2.31. The van der Waals surface area contributed by atoms with Gasteiger partial charge in [-0.05, 0) is 37.8 Å². The van der Waals surface area contributed by atoms with Crippen LogP contribution in [0.5, 0.6) is 0 Å². The molecule has 6 heteroatoms. The molecule has 1 aliphatic carbocycles. The maximum atomic E-state index is 10.7. The number of nitro groups is 1. The van der Waals surface area contributed by atoms with E-state index in [1.807, 2.05) is 14.0 Å². The van der Waals surface area contributed by atoms with Gasteiger partial charge >= 0.3 is 0 Å². The first-order chi connectivity index (χ1) is 9.04. The Morgan fingerprint density at radius 3 is 2.89 bits per heavy atom. The van der Waals surface area contributed by atoms with Crippen molar-refractivity contribution in [3.05, 3.63) is 27.9 Å². The number of hydrogen-bond donors (Lipinski definition) is 1. The molecule has 0 saturated heterocycles. The van der Waals surface area contributed by atoms with E-state index in [1.54, 1.807) is 6.07 Å². The fraction of sp³-hybridized carbons (Fsp3) is 0.615. The molecule has 6 nitrogen and oxygen atoms in total. The number of pyridine rings is 1. The summed E-state index contributed by atoms with van der Waals surface area (Å²) in [6.07, 6.45) is 4.77. The lowest BCUT2D eigenvalue weighted by atomic mass is 10.0. The van der Waals surface area contributed by atoms with Crippen molar-refractivity contribution >= 4 is 11.5 Å². The minimum absolute atomic E-state index is 0.0384. The van der Waals surface area contributed by atoms with Crippen molar-refractivity contribution in [1.82, 2.24) is 4.98 Å². The second-order valence-electron chi connectivity index (χ2n) is 5.20. The van der Waals surface area contributed by atoms with Crippen LogP contribution < -0.4 is 10.6 Å². The molecule has 1 heterocycles. The summed E-state index contributed by atoms with van der Waals surface area (Å²) in [5.74, 6) is 1.30. The molecule has 0 radical (unpaired) electrons. The zero-order valence-corrected chi connectivity index (χ0v) is 11.4. The molecule has 1 saturated carbocycles. The number of nitrogens with zero attached hydrogens (tertiary/aromatic N) is 3. The first-order valence-corrected chi connectivity index (χ1v) is 6.58.